The Balaban J connectivity index is 0.000000214. The van der Waals surface area contributed by atoms with Gasteiger partial charge in [-0.1, -0.05) is 84.9 Å². The molecule has 2 aromatic heterocycles. The van der Waals surface area contributed by atoms with Crippen molar-refractivity contribution in [1.82, 2.24) is 20.6 Å². The Hall–Kier alpha value is -6.96. The largest absolute Gasteiger partial charge is 0.481 e. The molecule has 0 radical (unpaired) electrons. The average Bonchev–Trinajstić information content (AvgIpc) is 3.74. The number of hydrogen-bond donors (Lipinski definition) is 4. The SMILES string of the molecule is Cc1oc(-c2ccccc2F)nc1C(=O)N[C@@H](CC(=O)O)Cc1ccccc1.Cc1oc(-c2ccccc2F)nc1C(=O)N[C@@](C)(CC(=O)O)c1ccccc1. The van der Waals surface area contributed by atoms with Crippen molar-refractivity contribution >= 4 is 23.8 Å². The maximum Gasteiger partial charge on any atom is 0.306 e. The molecular weight excluding hydrogens is 726 g/mol. The third-order valence-corrected chi connectivity index (χ3v) is 8.62. The summed E-state index contributed by atoms with van der Waals surface area (Å²) < 4.78 is 38.9. The fourth-order valence-corrected chi connectivity index (χ4v) is 5.89. The fraction of sp³-hybridized carbons (Fsp3) is 0.190. The molecule has 0 saturated carbocycles. The number of nitrogens with one attached hydrogen (secondary N) is 2. The summed E-state index contributed by atoms with van der Waals surface area (Å²) in [6, 6.07) is 29.4. The zero-order valence-electron chi connectivity index (χ0n) is 30.6. The molecule has 56 heavy (non-hydrogen) atoms. The van der Waals surface area contributed by atoms with E-state index in [1.165, 1.54) is 24.3 Å². The number of oxazole rings is 2. The molecule has 4 aromatic carbocycles. The molecule has 12 nitrogen and oxygen atoms in total. The van der Waals surface area contributed by atoms with Gasteiger partial charge in [-0.25, -0.2) is 18.7 Å². The Morgan fingerprint density at radius 3 is 1.62 bits per heavy atom. The second-order valence-corrected chi connectivity index (χ2v) is 13.0. The number of aliphatic carboxylic acids is 2. The van der Waals surface area contributed by atoms with Gasteiger partial charge in [0, 0.05) is 6.04 Å². The van der Waals surface area contributed by atoms with Crippen molar-refractivity contribution in [1.29, 1.82) is 0 Å². The summed E-state index contributed by atoms with van der Waals surface area (Å²) in [5, 5.41) is 23.9. The lowest BCUT2D eigenvalue weighted by atomic mass is 9.88. The highest BCUT2D eigenvalue weighted by molar-refractivity contribution is 5.95. The summed E-state index contributed by atoms with van der Waals surface area (Å²) in [4.78, 5) is 56.3. The van der Waals surface area contributed by atoms with Crippen molar-refractivity contribution in [2.45, 2.75) is 51.6 Å². The Bertz CT molecular complexity index is 2330. The Labute approximate surface area is 320 Å². The van der Waals surface area contributed by atoms with Crippen LogP contribution in [0.4, 0.5) is 8.78 Å². The van der Waals surface area contributed by atoms with Gasteiger partial charge in [-0.3, -0.25) is 19.2 Å². The number of carboxylic acids is 2. The van der Waals surface area contributed by atoms with Crippen LogP contribution in [0.15, 0.2) is 118 Å². The van der Waals surface area contributed by atoms with Gasteiger partial charge in [0.1, 0.15) is 23.2 Å². The highest BCUT2D eigenvalue weighted by atomic mass is 19.1. The van der Waals surface area contributed by atoms with Crippen molar-refractivity contribution in [2.24, 2.45) is 0 Å². The Morgan fingerprint density at radius 1 is 0.679 bits per heavy atom. The van der Waals surface area contributed by atoms with Crippen LogP contribution in [0.1, 0.15) is 63.4 Å². The third kappa shape index (κ3) is 10.2. The number of carbonyl (C=O) groups is 4. The number of carboxylic acid groups (broad SMARTS) is 2. The van der Waals surface area contributed by atoms with Crippen molar-refractivity contribution in [3.05, 3.63) is 155 Å². The molecule has 2 amide bonds. The summed E-state index contributed by atoms with van der Waals surface area (Å²) in [7, 11) is 0. The Kier molecular flexibility index (Phi) is 12.9. The van der Waals surface area contributed by atoms with Crippen LogP contribution in [0.5, 0.6) is 0 Å². The molecule has 2 atom stereocenters. The van der Waals surface area contributed by atoms with Gasteiger partial charge in [0.2, 0.25) is 11.8 Å². The normalized spacial score (nSPS) is 12.4. The van der Waals surface area contributed by atoms with Gasteiger partial charge in [0.05, 0.1) is 29.5 Å². The molecular formula is C42H38F2N4O8. The van der Waals surface area contributed by atoms with E-state index in [4.69, 9.17) is 13.9 Å². The molecule has 0 unspecified atom stereocenters. The van der Waals surface area contributed by atoms with Crippen LogP contribution < -0.4 is 10.6 Å². The quantitative estimate of drug-likeness (QED) is 0.0917. The molecule has 0 aliphatic heterocycles. The number of rotatable bonds is 13. The molecule has 0 aliphatic rings. The number of aryl methyl sites for hydroxylation is 2. The van der Waals surface area contributed by atoms with E-state index in [-0.39, 0.29) is 58.7 Å². The van der Waals surface area contributed by atoms with Crippen molar-refractivity contribution < 1.29 is 47.0 Å². The van der Waals surface area contributed by atoms with Crippen LogP contribution in [0.25, 0.3) is 22.9 Å². The van der Waals surface area contributed by atoms with Gasteiger partial charge >= 0.3 is 11.9 Å². The summed E-state index contributed by atoms with van der Waals surface area (Å²) in [6.07, 6.45) is -0.201. The number of carbonyl (C=O) groups excluding carboxylic acids is 2. The van der Waals surface area contributed by atoms with E-state index in [1.807, 2.05) is 30.3 Å². The topological polar surface area (TPSA) is 185 Å². The van der Waals surface area contributed by atoms with Gasteiger partial charge in [-0.05, 0) is 62.6 Å². The minimum absolute atomic E-state index is 0.00130. The highest BCUT2D eigenvalue weighted by Crippen LogP contribution is 2.28. The maximum absolute atomic E-state index is 14.0. The first-order chi connectivity index (χ1) is 26.7. The smallest absolute Gasteiger partial charge is 0.306 e. The highest BCUT2D eigenvalue weighted by Gasteiger charge is 2.33. The number of aromatic nitrogens is 2. The average molecular weight is 765 g/mol. The lowest BCUT2D eigenvalue weighted by molar-refractivity contribution is -0.139. The van der Waals surface area contributed by atoms with E-state index < -0.39 is 47.0 Å². The van der Waals surface area contributed by atoms with E-state index in [1.54, 1.807) is 75.4 Å². The predicted octanol–water partition coefficient (Wildman–Crippen LogP) is 7.51. The number of hydrogen-bond acceptors (Lipinski definition) is 8. The minimum Gasteiger partial charge on any atom is -0.481 e. The maximum atomic E-state index is 14.0. The zero-order chi connectivity index (χ0) is 40.4. The molecule has 0 saturated heterocycles. The molecule has 0 aliphatic carbocycles. The number of nitrogens with zero attached hydrogens (tertiary/aromatic N) is 2. The van der Waals surface area contributed by atoms with E-state index >= 15 is 0 Å². The third-order valence-electron chi connectivity index (χ3n) is 8.62. The number of halogens is 2. The zero-order valence-corrected chi connectivity index (χ0v) is 30.6. The molecule has 288 valence electrons. The van der Waals surface area contributed by atoms with Gasteiger partial charge in [-0.2, -0.15) is 0 Å². The molecule has 2 heterocycles. The van der Waals surface area contributed by atoms with Gasteiger partial charge in [0.25, 0.3) is 11.8 Å². The summed E-state index contributed by atoms with van der Waals surface area (Å²) in [6.45, 7) is 4.72. The first-order valence-corrected chi connectivity index (χ1v) is 17.3. The van der Waals surface area contributed by atoms with Crippen LogP contribution in [0.2, 0.25) is 0 Å². The predicted molar refractivity (Wildman–Crippen MR) is 200 cm³/mol. The van der Waals surface area contributed by atoms with Crippen molar-refractivity contribution in [3.8, 4) is 22.9 Å². The molecule has 4 N–H and O–H groups in total. The lowest BCUT2D eigenvalue weighted by Crippen LogP contribution is -2.45. The monoisotopic (exact) mass is 764 g/mol. The minimum atomic E-state index is -1.16. The standard InChI is InChI=1S/2C21H19FN2O4/c1-13-18(23-20(28-13)15-10-6-7-11-16(15)22)19(27)24-21(2,12-17(25)26)14-8-4-3-5-9-14;1-13-19(24-21(28-13)16-9-5-6-10-17(16)22)20(27)23-15(12-18(25)26)11-14-7-3-2-4-8-14/h3-11H,12H2,1-2H3,(H,24,27)(H,25,26);2-10,15H,11-12H2,1H3,(H,23,27)(H,25,26)/t21-;15-/m01/s1. The molecule has 0 spiro atoms. The second kappa shape index (κ2) is 17.9. The first kappa shape index (κ1) is 40.2. The molecule has 6 aromatic rings. The molecule has 0 bridgehead atoms. The van der Waals surface area contributed by atoms with Crippen molar-refractivity contribution in [3.63, 3.8) is 0 Å². The summed E-state index contributed by atoms with van der Waals surface area (Å²) in [5.41, 5.74) is 0.650. The van der Waals surface area contributed by atoms with Crippen LogP contribution in [-0.4, -0.2) is 50.0 Å². The van der Waals surface area contributed by atoms with E-state index in [0.717, 1.165) is 5.56 Å². The van der Waals surface area contributed by atoms with E-state index in [0.29, 0.717) is 12.0 Å². The van der Waals surface area contributed by atoms with Crippen LogP contribution in [-0.2, 0) is 21.5 Å². The fourth-order valence-electron chi connectivity index (χ4n) is 5.89. The summed E-state index contributed by atoms with van der Waals surface area (Å²) in [5.74, 6) is -3.85. The van der Waals surface area contributed by atoms with Crippen LogP contribution >= 0.6 is 0 Å². The van der Waals surface area contributed by atoms with Gasteiger partial charge in [-0.15, -0.1) is 0 Å². The van der Waals surface area contributed by atoms with Gasteiger partial charge in [0.15, 0.2) is 11.4 Å². The molecule has 6 rings (SSSR count). The molecule has 0 fully saturated rings. The van der Waals surface area contributed by atoms with Crippen molar-refractivity contribution in [2.75, 3.05) is 0 Å². The van der Waals surface area contributed by atoms with Crippen LogP contribution in [0, 0.1) is 25.5 Å². The Morgan fingerprint density at radius 2 is 1.14 bits per heavy atom. The summed E-state index contributed by atoms with van der Waals surface area (Å²) >= 11 is 0. The number of amides is 2. The van der Waals surface area contributed by atoms with E-state index in [2.05, 4.69) is 20.6 Å². The lowest BCUT2D eigenvalue weighted by Gasteiger charge is -2.29. The first-order valence-electron chi connectivity index (χ1n) is 17.3. The second-order valence-electron chi connectivity index (χ2n) is 13.0. The number of benzene rings is 4. The molecule has 14 heteroatoms. The van der Waals surface area contributed by atoms with Gasteiger partial charge < -0.3 is 29.7 Å². The van der Waals surface area contributed by atoms with Crippen LogP contribution in [0.3, 0.4) is 0 Å². The van der Waals surface area contributed by atoms with E-state index in [9.17, 15) is 33.1 Å².